The molecule has 0 amide bonds. The maximum atomic E-state index is 12.8. The lowest BCUT2D eigenvalue weighted by molar-refractivity contribution is -0.116. The van der Waals surface area contributed by atoms with Crippen molar-refractivity contribution < 1.29 is 4.79 Å². The molecule has 3 aromatic rings. The van der Waals surface area contributed by atoms with Gasteiger partial charge in [-0.2, -0.15) is 4.98 Å². The fourth-order valence-corrected chi connectivity index (χ4v) is 4.32. The van der Waals surface area contributed by atoms with Gasteiger partial charge in [-0.05, 0) is 31.0 Å². The Bertz CT molecular complexity index is 1130. The number of aromatic nitrogens is 3. The summed E-state index contributed by atoms with van der Waals surface area (Å²) < 4.78 is 1.76. The zero-order chi connectivity index (χ0) is 19.3. The van der Waals surface area contributed by atoms with E-state index < -0.39 is 6.04 Å². The molecular formula is C21H16Cl2N4O. The number of anilines is 1. The topological polar surface area (TPSA) is 59.8 Å². The Morgan fingerprint density at radius 3 is 2.75 bits per heavy atom. The molecule has 1 aliphatic carbocycles. The summed E-state index contributed by atoms with van der Waals surface area (Å²) in [6.07, 6.45) is 2.17. The minimum atomic E-state index is -0.395. The van der Waals surface area contributed by atoms with Crippen molar-refractivity contribution in [2.75, 3.05) is 5.32 Å². The molecule has 7 heteroatoms. The monoisotopic (exact) mass is 410 g/mol. The number of rotatable bonds is 2. The highest BCUT2D eigenvalue weighted by molar-refractivity contribution is 6.31. The zero-order valence-electron chi connectivity index (χ0n) is 14.8. The molecule has 2 aliphatic rings. The van der Waals surface area contributed by atoms with Crippen LogP contribution in [0.25, 0.3) is 11.4 Å². The lowest BCUT2D eigenvalue weighted by Gasteiger charge is -2.32. The van der Waals surface area contributed by atoms with Crippen LogP contribution in [0.2, 0.25) is 10.0 Å². The van der Waals surface area contributed by atoms with Gasteiger partial charge in [0, 0.05) is 38.9 Å². The molecule has 0 spiro atoms. The van der Waals surface area contributed by atoms with Crippen LogP contribution >= 0.6 is 23.2 Å². The fourth-order valence-electron chi connectivity index (χ4n) is 3.89. The Kier molecular flexibility index (Phi) is 4.22. The van der Waals surface area contributed by atoms with Crippen LogP contribution in [-0.4, -0.2) is 20.5 Å². The average Bonchev–Trinajstić information content (AvgIpc) is 3.11. The number of carbonyl (C=O) groups is 1. The van der Waals surface area contributed by atoms with Gasteiger partial charge in [0.1, 0.15) is 6.04 Å². The molecule has 2 aromatic carbocycles. The Labute approximate surface area is 172 Å². The van der Waals surface area contributed by atoms with Crippen LogP contribution < -0.4 is 5.32 Å². The van der Waals surface area contributed by atoms with Gasteiger partial charge in [-0.25, -0.2) is 4.68 Å². The maximum Gasteiger partial charge on any atom is 0.226 e. The second-order valence-corrected chi connectivity index (χ2v) is 7.78. The second kappa shape index (κ2) is 6.76. The van der Waals surface area contributed by atoms with Gasteiger partial charge in [0.05, 0.1) is 0 Å². The number of benzene rings is 2. The van der Waals surface area contributed by atoms with E-state index in [1.54, 1.807) is 4.68 Å². The van der Waals surface area contributed by atoms with E-state index >= 15 is 0 Å². The fraction of sp³-hybridized carbons (Fsp3) is 0.190. The Hall–Kier alpha value is -2.63. The first-order valence-electron chi connectivity index (χ1n) is 9.12. The van der Waals surface area contributed by atoms with E-state index in [-0.39, 0.29) is 5.78 Å². The van der Waals surface area contributed by atoms with E-state index in [1.807, 2.05) is 48.5 Å². The normalized spacial score (nSPS) is 18.5. The average molecular weight is 411 g/mol. The van der Waals surface area contributed by atoms with Gasteiger partial charge < -0.3 is 5.32 Å². The molecule has 0 bridgehead atoms. The van der Waals surface area contributed by atoms with E-state index in [2.05, 4.69) is 10.3 Å². The van der Waals surface area contributed by atoms with Gasteiger partial charge in [-0.3, -0.25) is 4.79 Å². The molecule has 1 aliphatic heterocycles. The Morgan fingerprint density at radius 2 is 1.93 bits per heavy atom. The van der Waals surface area contributed by atoms with E-state index in [1.165, 1.54) is 0 Å². The van der Waals surface area contributed by atoms with E-state index in [9.17, 15) is 4.79 Å². The van der Waals surface area contributed by atoms with Crippen LogP contribution in [0.4, 0.5) is 5.95 Å². The molecule has 0 saturated carbocycles. The van der Waals surface area contributed by atoms with Crippen LogP contribution in [0, 0.1) is 0 Å². The molecule has 28 heavy (non-hydrogen) atoms. The molecule has 5 nitrogen and oxygen atoms in total. The van der Waals surface area contributed by atoms with Gasteiger partial charge in [-0.1, -0.05) is 53.5 Å². The molecule has 0 radical (unpaired) electrons. The first-order chi connectivity index (χ1) is 13.6. The van der Waals surface area contributed by atoms with Crippen LogP contribution in [0.15, 0.2) is 59.8 Å². The summed E-state index contributed by atoms with van der Waals surface area (Å²) >= 11 is 12.7. The third-order valence-corrected chi connectivity index (χ3v) is 5.73. The number of allylic oxidation sites excluding steroid dienone is 2. The quantitative estimate of drug-likeness (QED) is 0.624. The first kappa shape index (κ1) is 17.5. The van der Waals surface area contributed by atoms with Gasteiger partial charge >= 0.3 is 0 Å². The van der Waals surface area contributed by atoms with Crippen molar-refractivity contribution in [1.82, 2.24) is 14.8 Å². The second-order valence-electron chi connectivity index (χ2n) is 6.93. The maximum absolute atomic E-state index is 12.8. The van der Waals surface area contributed by atoms with Crippen molar-refractivity contribution in [2.45, 2.75) is 25.3 Å². The molecule has 1 N–H and O–H groups in total. The highest BCUT2D eigenvalue weighted by atomic mass is 35.5. The standard InChI is InChI=1S/C21H16Cl2N4O/c22-13-6-3-5-12(11-13)20-25-21-24-16-9-4-10-17(28)18(16)19(27(21)26-20)14-7-1-2-8-15(14)23/h1-3,5-8,11,19H,4,9-10H2,(H,24,25,26). The Balaban J connectivity index is 1.71. The van der Waals surface area contributed by atoms with Crippen molar-refractivity contribution in [3.05, 3.63) is 75.4 Å². The van der Waals surface area contributed by atoms with Crippen LogP contribution in [0.1, 0.15) is 30.9 Å². The predicted molar refractivity (Wildman–Crippen MR) is 110 cm³/mol. The van der Waals surface area contributed by atoms with Crippen LogP contribution in [0.3, 0.4) is 0 Å². The number of ketones is 1. The third kappa shape index (κ3) is 2.82. The van der Waals surface area contributed by atoms with Crippen molar-refractivity contribution in [2.24, 2.45) is 0 Å². The first-order valence-corrected chi connectivity index (χ1v) is 9.87. The summed E-state index contributed by atoms with van der Waals surface area (Å²) in [4.78, 5) is 17.5. The van der Waals surface area contributed by atoms with Gasteiger partial charge in [-0.15, -0.1) is 5.10 Å². The van der Waals surface area contributed by atoms with Gasteiger partial charge in [0.2, 0.25) is 5.95 Å². The SMILES string of the molecule is O=C1CCCC2=C1C(c1ccccc1Cl)n1nc(-c3cccc(Cl)c3)nc1N2. The highest BCUT2D eigenvalue weighted by Gasteiger charge is 2.37. The summed E-state index contributed by atoms with van der Waals surface area (Å²) in [6.45, 7) is 0. The summed E-state index contributed by atoms with van der Waals surface area (Å²) in [6, 6.07) is 14.6. The van der Waals surface area contributed by atoms with Crippen molar-refractivity contribution in [3.63, 3.8) is 0 Å². The van der Waals surface area contributed by atoms with E-state index in [4.69, 9.17) is 28.3 Å². The molecule has 0 fully saturated rings. The zero-order valence-corrected chi connectivity index (χ0v) is 16.3. The van der Waals surface area contributed by atoms with Crippen molar-refractivity contribution in [1.29, 1.82) is 0 Å². The molecule has 5 rings (SSSR count). The summed E-state index contributed by atoms with van der Waals surface area (Å²) in [5.41, 5.74) is 3.31. The number of nitrogens with zero attached hydrogens (tertiary/aromatic N) is 3. The van der Waals surface area contributed by atoms with Crippen molar-refractivity contribution in [3.8, 4) is 11.4 Å². The number of hydrogen-bond acceptors (Lipinski definition) is 4. The molecule has 2 heterocycles. The van der Waals surface area contributed by atoms with Gasteiger partial charge in [0.15, 0.2) is 11.6 Å². The molecule has 140 valence electrons. The molecular weight excluding hydrogens is 395 g/mol. The predicted octanol–water partition coefficient (Wildman–Crippen LogP) is 5.27. The summed E-state index contributed by atoms with van der Waals surface area (Å²) in [7, 11) is 0. The third-order valence-electron chi connectivity index (χ3n) is 5.15. The smallest absolute Gasteiger partial charge is 0.226 e. The number of carbonyl (C=O) groups excluding carboxylic acids is 1. The highest BCUT2D eigenvalue weighted by Crippen LogP contribution is 2.42. The minimum absolute atomic E-state index is 0.129. The number of halogens is 2. The molecule has 0 saturated heterocycles. The number of Topliss-reactive ketones (excluding diaryl/α,β-unsaturated/α-hetero) is 1. The summed E-state index contributed by atoms with van der Waals surface area (Å²) in [5, 5.41) is 9.27. The van der Waals surface area contributed by atoms with Crippen LogP contribution in [0.5, 0.6) is 0 Å². The molecule has 1 aromatic heterocycles. The lowest BCUT2D eigenvalue weighted by Crippen LogP contribution is -2.31. The van der Waals surface area contributed by atoms with Crippen LogP contribution in [-0.2, 0) is 4.79 Å². The number of hydrogen-bond donors (Lipinski definition) is 1. The number of nitrogens with one attached hydrogen (secondary N) is 1. The Morgan fingerprint density at radius 1 is 1.07 bits per heavy atom. The summed E-state index contributed by atoms with van der Waals surface area (Å²) in [5.74, 6) is 1.28. The molecule has 1 unspecified atom stereocenters. The largest absolute Gasteiger partial charge is 0.328 e. The lowest BCUT2D eigenvalue weighted by atomic mass is 9.85. The minimum Gasteiger partial charge on any atom is -0.328 e. The van der Waals surface area contributed by atoms with Crippen molar-refractivity contribution >= 4 is 34.9 Å². The molecule has 1 atom stereocenters. The van der Waals surface area contributed by atoms with E-state index in [0.29, 0.717) is 28.2 Å². The van der Waals surface area contributed by atoms with E-state index in [0.717, 1.165) is 35.2 Å². The van der Waals surface area contributed by atoms with Gasteiger partial charge in [0.25, 0.3) is 0 Å². The number of fused-ring (bicyclic) bond motifs is 1.